The Bertz CT molecular complexity index is 1190. The van der Waals surface area contributed by atoms with E-state index in [0.717, 1.165) is 47.7 Å². The van der Waals surface area contributed by atoms with Crippen LogP contribution < -0.4 is 5.32 Å². The van der Waals surface area contributed by atoms with E-state index < -0.39 is 0 Å². The van der Waals surface area contributed by atoms with Crippen LogP contribution in [-0.4, -0.2) is 44.3 Å². The van der Waals surface area contributed by atoms with Crippen molar-refractivity contribution in [1.82, 2.24) is 24.6 Å². The molecule has 0 radical (unpaired) electrons. The fraction of sp³-hybridized carbons (Fsp3) is 0.348. The molecule has 8 heteroatoms. The fourth-order valence-corrected chi connectivity index (χ4v) is 4.76. The summed E-state index contributed by atoms with van der Waals surface area (Å²) in [6, 6.07) is 14.6. The molecule has 1 aliphatic heterocycles. The number of rotatable bonds is 6. The van der Waals surface area contributed by atoms with Crippen LogP contribution in [0.3, 0.4) is 0 Å². The first-order chi connectivity index (χ1) is 15.2. The normalized spacial score (nSPS) is 17.3. The molecule has 1 fully saturated rings. The SMILES string of the molecule is CCc1nnc(Nc2cccc([C@@H]3CN(Cc4cn(C)c5ccccc45)CCO3)n2)s1. The predicted molar refractivity (Wildman–Crippen MR) is 124 cm³/mol. The van der Waals surface area contributed by atoms with Crippen molar-refractivity contribution in [2.24, 2.45) is 7.05 Å². The van der Waals surface area contributed by atoms with Crippen molar-refractivity contribution < 1.29 is 4.74 Å². The number of aryl methyl sites for hydroxylation is 2. The van der Waals surface area contributed by atoms with Gasteiger partial charge in [-0.25, -0.2) is 4.98 Å². The number of aromatic nitrogens is 4. The minimum atomic E-state index is -0.0499. The van der Waals surface area contributed by atoms with Crippen LogP contribution in [0.2, 0.25) is 0 Å². The maximum Gasteiger partial charge on any atom is 0.211 e. The van der Waals surface area contributed by atoms with Crippen molar-refractivity contribution in [3.05, 3.63) is 64.9 Å². The Morgan fingerprint density at radius 1 is 1.16 bits per heavy atom. The Kier molecular flexibility index (Phi) is 5.67. The van der Waals surface area contributed by atoms with Crippen molar-refractivity contribution >= 4 is 33.2 Å². The second kappa shape index (κ2) is 8.74. The molecule has 0 aliphatic carbocycles. The van der Waals surface area contributed by atoms with Gasteiger partial charge in [0.1, 0.15) is 16.9 Å². The molecule has 4 aromatic rings. The lowest BCUT2D eigenvalue weighted by molar-refractivity contribution is -0.0348. The smallest absolute Gasteiger partial charge is 0.211 e. The molecule has 1 atom stereocenters. The summed E-state index contributed by atoms with van der Waals surface area (Å²) in [5.74, 6) is 0.770. The van der Waals surface area contributed by atoms with Crippen LogP contribution in [0.4, 0.5) is 10.9 Å². The Morgan fingerprint density at radius 2 is 2.06 bits per heavy atom. The van der Waals surface area contributed by atoms with Crippen molar-refractivity contribution in [3.63, 3.8) is 0 Å². The molecule has 0 spiro atoms. The van der Waals surface area contributed by atoms with Gasteiger partial charge >= 0.3 is 0 Å². The average molecular weight is 435 g/mol. The summed E-state index contributed by atoms with van der Waals surface area (Å²) in [5, 5.41) is 14.7. The van der Waals surface area contributed by atoms with Gasteiger partial charge in [-0.15, -0.1) is 10.2 Å². The van der Waals surface area contributed by atoms with Crippen LogP contribution in [0.15, 0.2) is 48.7 Å². The van der Waals surface area contributed by atoms with Gasteiger partial charge in [0.25, 0.3) is 0 Å². The number of benzene rings is 1. The van der Waals surface area contributed by atoms with E-state index in [9.17, 15) is 0 Å². The summed E-state index contributed by atoms with van der Waals surface area (Å²) in [6.07, 6.45) is 3.07. The zero-order chi connectivity index (χ0) is 21.2. The molecule has 0 saturated carbocycles. The topological polar surface area (TPSA) is 68.1 Å². The summed E-state index contributed by atoms with van der Waals surface area (Å²) in [4.78, 5) is 7.25. The van der Waals surface area contributed by atoms with Gasteiger partial charge in [0, 0.05) is 43.8 Å². The van der Waals surface area contributed by atoms with Crippen LogP contribution in [0.5, 0.6) is 0 Å². The van der Waals surface area contributed by atoms with E-state index in [0.29, 0.717) is 6.61 Å². The molecule has 0 unspecified atom stereocenters. The number of hydrogen-bond donors (Lipinski definition) is 1. The van der Waals surface area contributed by atoms with E-state index in [-0.39, 0.29) is 6.10 Å². The molecule has 3 aromatic heterocycles. The predicted octanol–water partition coefficient (Wildman–Crippen LogP) is 4.30. The van der Waals surface area contributed by atoms with Gasteiger partial charge in [0.2, 0.25) is 5.13 Å². The third-order valence-electron chi connectivity index (χ3n) is 5.63. The Hall–Kier alpha value is -2.81. The highest BCUT2D eigenvalue weighted by Crippen LogP contribution is 2.27. The first-order valence-electron chi connectivity index (χ1n) is 10.6. The quantitative estimate of drug-likeness (QED) is 0.488. The van der Waals surface area contributed by atoms with Gasteiger partial charge in [-0.2, -0.15) is 0 Å². The van der Waals surface area contributed by atoms with Gasteiger partial charge < -0.3 is 14.6 Å². The molecule has 1 saturated heterocycles. The molecular formula is C23H26N6OS. The van der Waals surface area contributed by atoms with Crippen LogP contribution in [0.25, 0.3) is 10.9 Å². The van der Waals surface area contributed by atoms with E-state index >= 15 is 0 Å². The Morgan fingerprint density at radius 3 is 2.94 bits per heavy atom. The molecule has 31 heavy (non-hydrogen) atoms. The van der Waals surface area contributed by atoms with Crippen LogP contribution in [0.1, 0.15) is 29.3 Å². The largest absolute Gasteiger partial charge is 0.369 e. The van der Waals surface area contributed by atoms with E-state index in [4.69, 9.17) is 9.72 Å². The Balaban J connectivity index is 1.30. The first-order valence-corrected chi connectivity index (χ1v) is 11.4. The number of hydrogen-bond acceptors (Lipinski definition) is 7. The lowest BCUT2D eigenvalue weighted by Crippen LogP contribution is -2.38. The summed E-state index contributed by atoms with van der Waals surface area (Å²) >= 11 is 1.56. The van der Waals surface area contributed by atoms with Gasteiger partial charge in [0.05, 0.1) is 12.3 Å². The number of nitrogens with zero attached hydrogens (tertiary/aromatic N) is 5. The van der Waals surface area contributed by atoms with Crippen LogP contribution >= 0.6 is 11.3 Å². The number of ether oxygens (including phenoxy) is 1. The zero-order valence-electron chi connectivity index (χ0n) is 17.8. The second-order valence-electron chi connectivity index (χ2n) is 7.80. The van der Waals surface area contributed by atoms with E-state index in [1.165, 1.54) is 16.5 Å². The number of anilines is 2. The van der Waals surface area contributed by atoms with Crippen LogP contribution in [0, 0.1) is 0 Å². The molecule has 7 nitrogen and oxygen atoms in total. The summed E-state index contributed by atoms with van der Waals surface area (Å²) < 4.78 is 8.29. The summed E-state index contributed by atoms with van der Waals surface area (Å²) in [6.45, 7) is 5.42. The fourth-order valence-electron chi connectivity index (χ4n) is 4.07. The van der Waals surface area contributed by atoms with Crippen molar-refractivity contribution in [3.8, 4) is 0 Å². The van der Waals surface area contributed by atoms with Crippen molar-refractivity contribution in [2.75, 3.05) is 25.0 Å². The van der Waals surface area contributed by atoms with Gasteiger partial charge in [-0.05, 0) is 30.2 Å². The number of para-hydroxylation sites is 1. The molecule has 1 aromatic carbocycles. The molecule has 5 rings (SSSR count). The van der Waals surface area contributed by atoms with Crippen LogP contribution in [-0.2, 0) is 24.8 Å². The summed E-state index contributed by atoms with van der Waals surface area (Å²) in [5.41, 5.74) is 3.56. The van der Waals surface area contributed by atoms with E-state index in [1.807, 2.05) is 18.2 Å². The second-order valence-corrected chi connectivity index (χ2v) is 8.87. The third kappa shape index (κ3) is 4.32. The third-order valence-corrected chi connectivity index (χ3v) is 6.61. The molecular weight excluding hydrogens is 408 g/mol. The highest BCUT2D eigenvalue weighted by molar-refractivity contribution is 7.15. The van der Waals surface area contributed by atoms with Crippen molar-refractivity contribution in [1.29, 1.82) is 0 Å². The standard InChI is InChI=1S/C23H26N6OS/c1-3-22-26-27-23(31-22)25-21-10-6-8-18(24-21)20-15-29(11-12-30-20)14-16-13-28(2)19-9-5-4-7-17(16)19/h4-10,13,20H,3,11-12,14-15H2,1-2H3,(H,24,25,27)/t20-/m0/s1. The molecule has 0 amide bonds. The lowest BCUT2D eigenvalue weighted by atomic mass is 10.1. The molecule has 1 aliphatic rings. The summed E-state index contributed by atoms with van der Waals surface area (Å²) in [7, 11) is 2.11. The molecule has 0 bridgehead atoms. The van der Waals surface area contributed by atoms with Gasteiger partial charge in [0.15, 0.2) is 0 Å². The molecule has 160 valence electrons. The first kappa shape index (κ1) is 20.1. The molecule has 1 N–H and O–H groups in total. The highest BCUT2D eigenvalue weighted by atomic mass is 32.1. The monoisotopic (exact) mass is 434 g/mol. The highest BCUT2D eigenvalue weighted by Gasteiger charge is 2.24. The number of pyridine rings is 1. The zero-order valence-corrected chi connectivity index (χ0v) is 18.6. The van der Waals surface area contributed by atoms with Crippen molar-refractivity contribution in [2.45, 2.75) is 26.0 Å². The molecule has 4 heterocycles. The number of morpholine rings is 1. The maximum absolute atomic E-state index is 6.09. The number of fused-ring (bicyclic) bond motifs is 1. The lowest BCUT2D eigenvalue weighted by Gasteiger charge is -2.32. The van der Waals surface area contributed by atoms with Gasteiger partial charge in [-0.3, -0.25) is 4.90 Å². The number of nitrogens with one attached hydrogen (secondary N) is 1. The van der Waals surface area contributed by atoms with E-state index in [1.54, 1.807) is 11.3 Å². The average Bonchev–Trinajstić information content (AvgIpc) is 3.38. The minimum absolute atomic E-state index is 0.0499. The van der Waals surface area contributed by atoms with Gasteiger partial charge in [-0.1, -0.05) is 42.5 Å². The Labute approximate surface area is 185 Å². The van der Waals surface area contributed by atoms with E-state index in [2.05, 4.69) is 69.4 Å². The minimum Gasteiger partial charge on any atom is -0.369 e. The maximum atomic E-state index is 6.09.